The normalized spacial score (nSPS) is 10.9. The fraction of sp³-hybridized carbons (Fsp3) is 0.167. The Hall–Kier alpha value is -0.700. The number of hydrogen-bond donors (Lipinski definition) is 1. The zero-order valence-electron chi connectivity index (χ0n) is 5.03. The quantitative estimate of drug-likeness (QED) is 0.604. The molecule has 3 heteroatoms. The molecule has 0 fully saturated rings. The van der Waals surface area contributed by atoms with Gasteiger partial charge in [0.05, 0.1) is 6.20 Å². The zero-order valence-corrected chi connectivity index (χ0v) is 5.93. The third-order valence-electron chi connectivity index (χ3n) is 0.856. The van der Waals surface area contributed by atoms with Crippen molar-refractivity contribution in [3.8, 4) is 0 Å². The van der Waals surface area contributed by atoms with Crippen LogP contribution in [-0.4, -0.2) is 4.98 Å². The number of nitrogens with zero attached hydrogens (tertiary/aromatic N) is 1. The van der Waals surface area contributed by atoms with Crippen LogP contribution in [0.3, 0.4) is 0 Å². The van der Waals surface area contributed by atoms with E-state index in [1.807, 2.05) is 6.92 Å². The van der Waals surface area contributed by atoms with Gasteiger partial charge in [-0.3, -0.25) is 0 Å². The van der Waals surface area contributed by atoms with Crippen LogP contribution >= 0.6 is 12.6 Å². The van der Waals surface area contributed by atoms with Gasteiger partial charge in [0.25, 0.3) is 0 Å². The van der Waals surface area contributed by atoms with Crippen LogP contribution in [0.4, 0.5) is 0 Å². The SMILES string of the molecule is Cc1cnc(/C=C/S)o1. The summed E-state index contributed by atoms with van der Waals surface area (Å²) in [5.74, 6) is 1.42. The maximum atomic E-state index is 5.08. The van der Waals surface area contributed by atoms with Gasteiger partial charge < -0.3 is 4.42 Å². The summed E-state index contributed by atoms with van der Waals surface area (Å²) in [6, 6.07) is 0. The Morgan fingerprint density at radius 3 is 3.00 bits per heavy atom. The van der Waals surface area contributed by atoms with Crippen molar-refractivity contribution in [2.75, 3.05) is 0 Å². The molecule has 48 valence electrons. The molecule has 0 atom stereocenters. The second-order valence-electron chi connectivity index (χ2n) is 1.62. The molecule has 0 radical (unpaired) electrons. The first-order valence-corrected chi connectivity index (χ1v) is 3.08. The van der Waals surface area contributed by atoms with Crippen molar-refractivity contribution >= 4 is 18.7 Å². The summed E-state index contributed by atoms with van der Waals surface area (Å²) < 4.78 is 5.08. The molecule has 0 aliphatic heterocycles. The van der Waals surface area contributed by atoms with Gasteiger partial charge >= 0.3 is 0 Å². The zero-order chi connectivity index (χ0) is 6.69. The predicted octanol–water partition coefficient (Wildman–Crippen LogP) is 1.88. The number of hydrogen-bond acceptors (Lipinski definition) is 3. The maximum absolute atomic E-state index is 5.08. The second kappa shape index (κ2) is 2.73. The van der Waals surface area contributed by atoms with E-state index in [9.17, 15) is 0 Å². The monoisotopic (exact) mass is 141 g/mol. The lowest BCUT2D eigenvalue weighted by atomic mass is 10.6. The summed E-state index contributed by atoms with van der Waals surface area (Å²) in [5.41, 5.74) is 0. The third kappa shape index (κ3) is 1.61. The van der Waals surface area contributed by atoms with Gasteiger partial charge in [0.1, 0.15) is 5.76 Å². The van der Waals surface area contributed by atoms with E-state index in [1.54, 1.807) is 17.7 Å². The molecule has 0 spiro atoms. The van der Waals surface area contributed by atoms with Crippen LogP contribution in [-0.2, 0) is 0 Å². The van der Waals surface area contributed by atoms with Gasteiger partial charge in [-0.1, -0.05) is 0 Å². The molecule has 1 aromatic heterocycles. The predicted molar refractivity (Wildman–Crippen MR) is 39.3 cm³/mol. The first-order chi connectivity index (χ1) is 4.33. The lowest BCUT2D eigenvalue weighted by molar-refractivity contribution is 0.517. The molecule has 0 N–H and O–H groups in total. The Morgan fingerprint density at radius 2 is 2.56 bits per heavy atom. The van der Waals surface area contributed by atoms with E-state index in [-0.39, 0.29) is 0 Å². The van der Waals surface area contributed by atoms with Crippen LogP contribution in [0.15, 0.2) is 16.0 Å². The van der Waals surface area contributed by atoms with E-state index in [2.05, 4.69) is 17.6 Å². The summed E-state index contributed by atoms with van der Waals surface area (Å²) in [7, 11) is 0. The molecule has 0 amide bonds. The highest BCUT2D eigenvalue weighted by Gasteiger charge is 1.91. The highest BCUT2D eigenvalue weighted by molar-refractivity contribution is 7.83. The van der Waals surface area contributed by atoms with Crippen molar-refractivity contribution in [3.05, 3.63) is 23.3 Å². The molecule has 0 aliphatic carbocycles. The minimum atomic E-state index is 0.600. The minimum Gasteiger partial charge on any atom is -0.442 e. The summed E-state index contributed by atoms with van der Waals surface area (Å²) in [5, 5.41) is 1.59. The van der Waals surface area contributed by atoms with Crippen molar-refractivity contribution in [1.82, 2.24) is 4.98 Å². The van der Waals surface area contributed by atoms with Crippen LogP contribution in [0.2, 0.25) is 0 Å². The van der Waals surface area contributed by atoms with Gasteiger partial charge in [-0.2, -0.15) is 12.6 Å². The molecule has 0 aromatic carbocycles. The molecule has 0 saturated carbocycles. The standard InChI is InChI=1S/C6H7NOS/c1-5-4-7-6(8-5)2-3-9/h2-4,9H,1H3/b3-2+. The third-order valence-corrected chi connectivity index (χ3v) is 1.01. The van der Waals surface area contributed by atoms with E-state index in [1.165, 1.54) is 0 Å². The van der Waals surface area contributed by atoms with Crippen LogP contribution in [0.1, 0.15) is 11.7 Å². The van der Waals surface area contributed by atoms with Crippen LogP contribution in [0.5, 0.6) is 0 Å². The summed E-state index contributed by atoms with van der Waals surface area (Å²) in [6.45, 7) is 1.85. The Morgan fingerprint density at radius 1 is 1.78 bits per heavy atom. The van der Waals surface area contributed by atoms with E-state index < -0.39 is 0 Å². The topological polar surface area (TPSA) is 26.0 Å². The Kier molecular flexibility index (Phi) is 1.95. The number of thiol groups is 1. The fourth-order valence-corrected chi connectivity index (χ4v) is 0.641. The van der Waals surface area contributed by atoms with Gasteiger partial charge in [-0.25, -0.2) is 4.98 Å². The highest BCUT2D eigenvalue weighted by Crippen LogP contribution is 2.03. The fourth-order valence-electron chi connectivity index (χ4n) is 0.513. The van der Waals surface area contributed by atoms with Crippen LogP contribution in [0, 0.1) is 6.92 Å². The smallest absolute Gasteiger partial charge is 0.219 e. The van der Waals surface area contributed by atoms with Crippen LogP contribution in [0.25, 0.3) is 6.08 Å². The van der Waals surface area contributed by atoms with Gasteiger partial charge in [0.2, 0.25) is 5.89 Å². The molecule has 1 rings (SSSR count). The van der Waals surface area contributed by atoms with Gasteiger partial charge in [-0.15, -0.1) is 0 Å². The molecule has 1 heterocycles. The lowest BCUT2D eigenvalue weighted by Gasteiger charge is -1.77. The molecule has 2 nitrogen and oxygen atoms in total. The molecule has 0 aliphatic rings. The number of rotatable bonds is 1. The summed E-state index contributed by atoms with van der Waals surface area (Å²) in [6.07, 6.45) is 3.36. The molecular formula is C6H7NOS. The average molecular weight is 141 g/mol. The van der Waals surface area contributed by atoms with Crippen molar-refractivity contribution in [3.63, 3.8) is 0 Å². The highest BCUT2D eigenvalue weighted by atomic mass is 32.1. The van der Waals surface area contributed by atoms with Gasteiger partial charge in [-0.05, 0) is 12.3 Å². The minimum absolute atomic E-state index is 0.600. The molecule has 0 saturated heterocycles. The van der Waals surface area contributed by atoms with Crippen molar-refractivity contribution in [1.29, 1.82) is 0 Å². The van der Waals surface area contributed by atoms with E-state index in [4.69, 9.17) is 4.42 Å². The van der Waals surface area contributed by atoms with Crippen molar-refractivity contribution < 1.29 is 4.42 Å². The summed E-state index contributed by atoms with van der Waals surface area (Å²) in [4.78, 5) is 3.90. The molecule has 1 aromatic rings. The Labute approximate surface area is 59.0 Å². The van der Waals surface area contributed by atoms with Gasteiger partial charge in [0, 0.05) is 6.08 Å². The number of oxazole rings is 1. The first-order valence-electron chi connectivity index (χ1n) is 2.56. The van der Waals surface area contributed by atoms with Crippen molar-refractivity contribution in [2.45, 2.75) is 6.92 Å². The Bertz CT molecular complexity index is 217. The number of aryl methyl sites for hydroxylation is 1. The molecule has 9 heavy (non-hydrogen) atoms. The Balaban J connectivity index is 2.85. The van der Waals surface area contributed by atoms with Crippen molar-refractivity contribution in [2.24, 2.45) is 0 Å². The molecule has 0 unspecified atom stereocenters. The molecular weight excluding hydrogens is 134 g/mol. The van der Waals surface area contributed by atoms with E-state index >= 15 is 0 Å². The van der Waals surface area contributed by atoms with E-state index in [0.717, 1.165) is 5.76 Å². The van der Waals surface area contributed by atoms with Crippen LogP contribution < -0.4 is 0 Å². The molecule has 0 bridgehead atoms. The lowest BCUT2D eigenvalue weighted by Crippen LogP contribution is -1.62. The first kappa shape index (κ1) is 6.42. The average Bonchev–Trinajstić information content (AvgIpc) is 2.17. The van der Waals surface area contributed by atoms with E-state index in [0.29, 0.717) is 5.89 Å². The maximum Gasteiger partial charge on any atom is 0.219 e. The summed E-state index contributed by atoms with van der Waals surface area (Å²) >= 11 is 3.86. The largest absolute Gasteiger partial charge is 0.442 e. The second-order valence-corrected chi connectivity index (χ2v) is 1.92. The number of aromatic nitrogens is 1. The van der Waals surface area contributed by atoms with Gasteiger partial charge in [0.15, 0.2) is 0 Å².